The van der Waals surface area contributed by atoms with Crippen molar-refractivity contribution in [3.63, 3.8) is 0 Å². The van der Waals surface area contributed by atoms with Gasteiger partial charge in [-0.3, -0.25) is 4.79 Å². The van der Waals surface area contributed by atoms with Crippen LogP contribution in [0.4, 0.5) is 16.2 Å². The summed E-state index contributed by atoms with van der Waals surface area (Å²) in [6.45, 7) is 2.08. The molecule has 1 unspecified atom stereocenters. The van der Waals surface area contributed by atoms with Crippen molar-refractivity contribution in [1.82, 2.24) is 4.48 Å². The van der Waals surface area contributed by atoms with Crippen LogP contribution in [0.5, 0.6) is 11.5 Å². The predicted octanol–water partition coefficient (Wildman–Crippen LogP) is 5.51. The van der Waals surface area contributed by atoms with Gasteiger partial charge in [-0.15, -0.1) is 0 Å². The third-order valence-electron chi connectivity index (χ3n) is 6.97. The minimum atomic E-state index is -1.16. The van der Waals surface area contributed by atoms with Gasteiger partial charge < -0.3 is 20.1 Å². The quantitative estimate of drug-likeness (QED) is 0.427. The molecule has 1 aliphatic heterocycles. The van der Waals surface area contributed by atoms with Crippen LogP contribution in [0.2, 0.25) is 10.0 Å². The first-order valence-electron chi connectivity index (χ1n) is 11.2. The number of benzene rings is 3. The molecular weight excluding hydrogens is 501 g/mol. The van der Waals surface area contributed by atoms with Gasteiger partial charge >= 0.3 is 6.03 Å². The number of halogens is 2. The Morgan fingerprint density at radius 1 is 1.00 bits per heavy atom. The van der Waals surface area contributed by atoms with E-state index >= 15 is 0 Å². The van der Waals surface area contributed by atoms with Crippen LogP contribution >= 0.6 is 23.2 Å². The summed E-state index contributed by atoms with van der Waals surface area (Å²) >= 11 is 13.1. The van der Waals surface area contributed by atoms with Crippen LogP contribution in [0.3, 0.4) is 0 Å². The number of primary amides is 1. The van der Waals surface area contributed by atoms with Crippen molar-refractivity contribution in [1.29, 1.82) is 0 Å². The largest absolute Gasteiger partial charge is 0.497 e. The second-order valence-corrected chi connectivity index (χ2v) is 10.2. The number of methoxy groups -OCH3 is 2. The van der Waals surface area contributed by atoms with Gasteiger partial charge in [0.05, 0.1) is 34.9 Å². The Bertz CT molecular complexity index is 1380. The number of fused-ring (bicyclic) bond motifs is 1. The molecule has 1 aliphatic rings. The molecule has 0 aromatic heterocycles. The highest BCUT2D eigenvalue weighted by Crippen LogP contribution is 2.50. The monoisotopic (exact) mass is 528 g/mol. The SMILES string of the molecule is COc1ccc(CN2C(=O)C(C)(c3cc([N+](C)(C)C(N)=O)ccc3Cl)c3cc(Cl)ccc32)c(OC)c1. The van der Waals surface area contributed by atoms with Gasteiger partial charge in [0.2, 0.25) is 5.91 Å². The van der Waals surface area contributed by atoms with E-state index in [1.165, 1.54) is 0 Å². The van der Waals surface area contributed by atoms with Crippen molar-refractivity contribution in [2.75, 3.05) is 33.2 Å². The summed E-state index contributed by atoms with van der Waals surface area (Å²) in [5, 5.41) is 0.894. The smallest absolute Gasteiger partial charge is 0.418 e. The maximum absolute atomic E-state index is 14.2. The van der Waals surface area contributed by atoms with Crippen molar-refractivity contribution < 1.29 is 19.1 Å². The summed E-state index contributed by atoms with van der Waals surface area (Å²) in [4.78, 5) is 28.1. The van der Waals surface area contributed by atoms with Gasteiger partial charge in [0.15, 0.2) is 0 Å². The number of nitrogens with zero attached hydrogens (tertiary/aromatic N) is 2. The van der Waals surface area contributed by atoms with E-state index in [0.29, 0.717) is 32.8 Å². The lowest BCUT2D eigenvalue weighted by Gasteiger charge is -2.29. The van der Waals surface area contributed by atoms with E-state index < -0.39 is 11.4 Å². The van der Waals surface area contributed by atoms with Crippen LogP contribution in [-0.4, -0.2) is 40.3 Å². The third kappa shape index (κ3) is 4.07. The highest BCUT2D eigenvalue weighted by Gasteiger charge is 2.50. The number of ether oxygens (including phenoxy) is 2. The van der Waals surface area contributed by atoms with Gasteiger partial charge in [0.25, 0.3) is 0 Å². The minimum absolute atomic E-state index is 0.180. The number of carbonyl (C=O) groups is 2. The van der Waals surface area contributed by atoms with Crippen molar-refractivity contribution in [2.45, 2.75) is 18.9 Å². The van der Waals surface area contributed by atoms with E-state index in [0.717, 1.165) is 16.8 Å². The van der Waals surface area contributed by atoms with E-state index in [4.69, 9.17) is 38.4 Å². The Labute approximate surface area is 220 Å². The number of urea groups is 1. The first-order valence-corrected chi connectivity index (χ1v) is 12.0. The number of hydrogen-bond acceptors (Lipinski definition) is 4. The van der Waals surface area contributed by atoms with Gasteiger partial charge in [-0.1, -0.05) is 23.2 Å². The van der Waals surface area contributed by atoms with Crippen molar-refractivity contribution in [3.05, 3.63) is 81.3 Å². The predicted molar refractivity (Wildman–Crippen MR) is 143 cm³/mol. The molecule has 0 fully saturated rings. The average molecular weight is 529 g/mol. The molecule has 3 aromatic carbocycles. The second-order valence-electron chi connectivity index (χ2n) is 9.31. The molecule has 0 bridgehead atoms. The molecule has 7 nitrogen and oxygen atoms in total. The fraction of sp³-hybridized carbons (Fsp3) is 0.259. The normalized spacial score (nSPS) is 17.2. The van der Waals surface area contributed by atoms with Crippen molar-refractivity contribution in [3.8, 4) is 11.5 Å². The van der Waals surface area contributed by atoms with Gasteiger partial charge in [-0.05, 0) is 54.4 Å². The molecular formula is C27H28Cl2N3O4+. The Hall–Kier alpha value is -3.26. The molecule has 1 heterocycles. The number of quaternary nitrogens is 1. The van der Waals surface area contributed by atoms with Crippen LogP contribution in [0, 0.1) is 0 Å². The van der Waals surface area contributed by atoms with Gasteiger partial charge in [0, 0.05) is 39.5 Å². The maximum atomic E-state index is 14.2. The summed E-state index contributed by atoms with van der Waals surface area (Å²) in [5.41, 5.74) is 7.89. The summed E-state index contributed by atoms with van der Waals surface area (Å²) in [5.74, 6) is 1.08. The standard InChI is InChI=1S/C27H27Cl2N3O4/c1-27(20-13-18(8-10-22(20)29)32(2,3)26(30)34)21-12-17(28)7-11-23(21)31(25(27)33)15-16-6-9-19(35-4)14-24(16)36-5/h6-14H,15H2,1-5H3,(H-,30,34)/p+1. The molecule has 0 radical (unpaired) electrons. The van der Waals surface area contributed by atoms with Crippen LogP contribution in [0.15, 0.2) is 54.6 Å². The van der Waals surface area contributed by atoms with Crippen molar-refractivity contribution >= 4 is 46.5 Å². The first kappa shape index (κ1) is 25.8. The van der Waals surface area contributed by atoms with E-state index in [1.807, 2.05) is 25.1 Å². The molecule has 36 heavy (non-hydrogen) atoms. The van der Waals surface area contributed by atoms with Gasteiger partial charge in [0.1, 0.15) is 22.6 Å². The minimum Gasteiger partial charge on any atom is -0.497 e. The zero-order valence-corrected chi connectivity index (χ0v) is 22.3. The molecule has 4 rings (SSSR count). The molecule has 2 N–H and O–H groups in total. The Morgan fingerprint density at radius 2 is 1.72 bits per heavy atom. The Kier molecular flexibility index (Phi) is 6.68. The Morgan fingerprint density at radius 3 is 2.36 bits per heavy atom. The van der Waals surface area contributed by atoms with Crippen LogP contribution in [0.1, 0.15) is 23.6 Å². The molecule has 188 valence electrons. The number of nitrogens with two attached hydrogens (primary N) is 1. The first-order chi connectivity index (χ1) is 16.9. The fourth-order valence-electron chi connectivity index (χ4n) is 4.58. The number of amides is 3. The van der Waals surface area contributed by atoms with Crippen LogP contribution < -0.4 is 24.6 Å². The molecule has 0 spiro atoms. The topological polar surface area (TPSA) is 81.9 Å². The fourth-order valence-corrected chi connectivity index (χ4v) is 5.06. The second kappa shape index (κ2) is 9.32. The lowest BCUT2D eigenvalue weighted by atomic mass is 9.77. The van der Waals surface area contributed by atoms with Crippen molar-refractivity contribution in [2.24, 2.45) is 5.73 Å². The van der Waals surface area contributed by atoms with E-state index in [9.17, 15) is 9.59 Å². The molecule has 0 saturated carbocycles. The van der Waals surface area contributed by atoms with Gasteiger partial charge in [-0.2, -0.15) is 0 Å². The number of anilines is 1. The molecule has 0 saturated heterocycles. The molecule has 0 aliphatic carbocycles. The summed E-state index contributed by atoms with van der Waals surface area (Å²) in [7, 11) is 6.52. The zero-order chi connectivity index (χ0) is 26.4. The maximum Gasteiger partial charge on any atom is 0.418 e. The number of carbonyl (C=O) groups excluding carboxylic acids is 2. The third-order valence-corrected chi connectivity index (χ3v) is 7.53. The lowest BCUT2D eigenvalue weighted by molar-refractivity contribution is -0.121. The highest BCUT2D eigenvalue weighted by atomic mass is 35.5. The zero-order valence-electron chi connectivity index (χ0n) is 20.8. The Balaban J connectivity index is 1.88. The highest BCUT2D eigenvalue weighted by molar-refractivity contribution is 6.33. The van der Waals surface area contributed by atoms with Crippen LogP contribution in [-0.2, 0) is 16.8 Å². The molecule has 9 heteroatoms. The number of rotatable bonds is 6. The summed E-state index contributed by atoms with van der Waals surface area (Å²) in [6.07, 6.45) is 0. The molecule has 1 atom stereocenters. The molecule has 3 aromatic rings. The van der Waals surface area contributed by atoms with E-state index in [-0.39, 0.29) is 16.9 Å². The van der Waals surface area contributed by atoms with Crippen LogP contribution in [0.25, 0.3) is 0 Å². The molecule has 3 amide bonds. The summed E-state index contributed by atoms with van der Waals surface area (Å²) in [6, 6.07) is 15.5. The summed E-state index contributed by atoms with van der Waals surface area (Å²) < 4.78 is 10.7. The number of hydrogen-bond donors (Lipinski definition) is 1. The average Bonchev–Trinajstić information content (AvgIpc) is 3.06. The van der Waals surface area contributed by atoms with Gasteiger partial charge in [-0.25, -0.2) is 9.28 Å². The van der Waals surface area contributed by atoms with E-state index in [2.05, 4.69) is 0 Å². The lowest BCUT2D eigenvalue weighted by Crippen LogP contribution is -2.50. The van der Waals surface area contributed by atoms with E-state index in [1.54, 1.807) is 69.6 Å².